The van der Waals surface area contributed by atoms with Crippen LogP contribution in [0.5, 0.6) is 0 Å². The number of rotatable bonds is 11. The summed E-state index contributed by atoms with van der Waals surface area (Å²) in [4.78, 5) is 179. The summed E-state index contributed by atoms with van der Waals surface area (Å²) in [7, 11) is 10.5. The standard InChI is InChI=1S/C54H91F2N13O13/c1-15-24-82-31-37-50(78)67(14)47(34(3)4)53(81)66(13)39(51(79)69-21-18-17-19-22-69)25-41(71)64(11)36(6)48(76)59-46(35(5)16-2)52(80)63(10)30-45(75)62(9)29-44(74)61(8)28-43(73)60(7)27-40(70)57-26-42(72)65(12)38(49(77)58-37)20-23-68-32-54(55,56)33-68/h34-39,46-47H,15-33H2,1-14H3,(H,57,70)(H,58,77)(H,59,76)/t35-,36?,37?,38?,39?,46?,47?/m0/s1. The van der Waals surface area contributed by atoms with E-state index in [4.69, 9.17) is 4.74 Å². The third-order valence-corrected chi connectivity index (χ3v) is 15.5. The Kier molecular flexibility index (Phi) is 27.0. The summed E-state index contributed by atoms with van der Waals surface area (Å²) >= 11 is 0. The van der Waals surface area contributed by atoms with Crippen molar-refractivity contribution in [2.24, 2.45) is 11.8 Å². The number of nitrogens with zero attached hydrogens (tertiary/aromatic N) is 10. The number of hydrogen-bond donors (Lipinski definition) is 3. The molecule has 6 unspecified atom stereocenters. The molecule has 0 aromatic heterocycles. The highest BCUT2D eigenvalue weighted by Crippen LogP contribution is 2.27. The van der Waals surface area contributed by atoms with Gasteiger partial charge in [-0.05, 0) is 50.9 Å². The Morgan fingerprint density at radius 2 is 1.20 bits per heavy atom. The first-order chi connectivity index (χ1) is 38.3. The van der Waals surface area contributed by atoms with Crippen molar-refractivity contribution in [2.45, 2.75) is 129 Å². The molecule has 0 aliphatic carbocycles. The highest BCUT2D eigenvalue weighted by Gasteiger charge is 2.45. The number of amides is 12. The minimum Gasteiger partial charge on any atom is -0.379 e. The first-order valence-corrected chi connectivity index (χ1v) is 28.1. The van der Waals surface area contributed by atoms with Gasteiger partial charge >= 0.3 is 0 Å². The van der Waals surface area contributed by atoms with Gasteiger partial charge in [-0.3, -0.25) is 62.4 Å². The van der Waals surface area contributed by atoms with Crippen LogP contribution in [0.3, 0.4) is 0 Å². The van der Waals surface area contributed by atoms with Crippen LogP contribution in [-0.2, 0) is 62.3 Å². The topological polar surface area (TPSA) is 283 Å². The van der Waals surface area contributed by atoms with Crippen molar-refractivity contribution in [3.63, 3.8) is 0 Å². The van der Waals surface area contributed by atoms with E-state index in [1.807, 2.05) is 6.92 Å². The van der Waals surface area contributed by atoms with Crippen LogP contribution in [0.2, 0.25) is 0 Å². The number of halogens is 2. The van der Waals surface area contributed by atoms with E-state index in [9.17, 15) is 66.3 Å². The predicted octanol–water partition coefficient (Wildman–Crippen LogP) is -1.88. The molecule has 3 rings (SSSR count). The van der Waals surface area contributed by atoms with Crippen LogP contribution in [0.1, 0.15) is 86.5 Å². The summed E-state index contributed by atoms with van der Waals surface area (Å²) in [6, 6.07) is -8.09. The average molecular weight is 1170 g/mol. The Morgan fingerprint density at radius 1 is 0.646 bits per heavy atom. The Bertz CT molecular complexity index is 2300. The zero-order chi connectivity index (χ0) is 62.1. The van der Waals surface area contributed by atoms with Crippen LogP contribution in [0.15, 0.2) is 0 Å². The lowest BCUT2D eigenvalue weighted by atomic mass is 9.97. The van der Waals surface area contributed by atoms with Gasteiger partial charge in [-0.25, -0.2) is 8.78 Å². The van der Waals surface area contributed by atoms with Gasteiger partial charge in [0.2, 0.25) is 70.9 Å². The Morgan fingerprint density at radius 3 is 1.72 bits per heavy atom. The van der Waals surface area contributed by atoms with Gasteiger partial charge < -0.3 is 64.8 Å². The van der Waals surface area contributed by atoms with E-state index in [1.54, 1.807) is 32.6 Å². The second kappa shape index (κ2) is 31.7. The van der Waals surface area contributed by atoms with E-state index in [1.165, 1.54) is 68.2 Å². The highest BCUT2D eigenvalue weighted by molar-refractivity contribution is 5.99. The van der Waals surface area contributed by atoms with Crippen LogP contribution in [0.4, 0.5) is 8.78 Å². The van der Waals surface area contributed by atoms with Crippen LogP contribution in [-0.4, -0.2) is 297 Å². The number of ether oxygens (including phenoxy) is 1. The summed E-state index contributed by atoms with van der Waals surface area (Å²) in [5.41, 5.74) is 0. The van der Waals surface area contributed by atoms with Gasteiger partial charge in [0.15, 0.2) is 0 Å². The van der Waals surface area contributed by atoms with Crippen molar-refractivity contribution in [2.75, 3.05) is 135 Å². The average Bonchev–Trinajstić information content (AvgIpc) is 3.61. The van der Waals surface area contributed by atoms with E-state index < -0.39 is 184 Å². The van der Waals surface area contributed by atoms with E-state index in [-0.39, 0.29) is 19.6 Å². The largest absolute Gasteiger partial charge is 0.379 e. The van der Waals surface area contributed by atoms with Crippen molar-refractivity contribution in [1.82, 2.24) is 64.9 Å². The lowest BCUT2D eigenvalue weighted by Crippen LogP contribution is -2.62. The van der Waals surface area contributed by atoms with Gasteiger partial charge in [0.1, 0.15) is 36.3 Å². The maximum Gasteiger partial charge on any atom is 0.272 e. The molecule has 0 aromatic rings. The van der Waals surface area contributed by atoms with Crippen molar-refractivity contribution in [1.29, 1.82) is 0 Å². The number of nitrogens with one attached hydrogen (secondary N) is 3. The molecular formula is C54H91F2N13O13. The third kappa shape index (κ3) is 19.5. The normalized spacial score (nSPS) is 26.0. The zero-order valence-corrected chi connectivity index (χ0v) is 50.6. The van der Waals surface area contributed by atoms with Crippen LogP contribution < -0.4 is 16.0 Å². The molecule has 3 heterocycles. The number of likely N-dealkylation sites (tertiary alicyclic amines) is 2. The second-order valence-electron chi connectivity index (χ2n) is 22.5. The van der Waals surface area contributed by atoms with Gasteiger partial charge in [-0.2, -0.15) is 0 Å². The second-order valence-corrected chi connectivity index (χ2v) is 22.5. The van der Waals surface area contributed by atoms with Crippen molar-refractivity contribution < 1.29 is 71.1 Å². The Balaban J connectivity index is 2.12. The van der Waals surface area contributed by atoms with Crippen molar-refractivity contribution >= 4 is 70.9 Å². The zero-order valence-electron chi connectivity index (χ0n) is 50.6. The highest BCUT2D eigenvalue weighted by atomic mass is 19.3. The number of piperidine rings is 1. The van der Waals surface area contributed by atoms with Gasteiger partial charge in [-0.15, -0.1) is 0 Å². The van der Waals surface area contributed by atoms with E-state index in [2.05, 4.69) is 16.0 Å². The predicted molar refractivity (Wildman–Crippen MR) is 296 cm³/mol. The molecule has 26 nitrogen and oxygen atoms in total. The number of likely N-dealkylation sites (N-methyl/N-ethyl adjacent to an activating group) is 8. The van der Waals surface area contributed by atoms with Crippen LogP contribution in [0.25, 0.3) is 0 Å². The molecule has 464 valence electrons. The molecule has 12 amide bonds. The monoisotopic (exact) mass is 1170 g/mol. The van der Waals surface area contributed by atoms with Gasteiger partial charge in [-0.1, -0.05) is 41.0 Å². The summed E-state index contributed by atoms with van der Waals surface area (Å²) in [5.74, 6) is -12.8. The van der Waals surface area contributed by atoms with Gasteiger partial charge in [0.25, 0.3) is 5.92 Å². The quantitative estimate of drug-likeness (QED) is 0.191. The summed E-state index contributed by atoms with van der Waals surface area (Å²) in [5, 5.41) is 7.81. The summed E-state index contributed by atoms with van der Waals surface area (Å²) in [6.07, 6.45) is 2.32. The number of alkyl halides is 2. The molecule has 0 bridgehead atoms. The van der Waals surface area contributed by atoms with Crippen molar-refractivity contribution in [3.05, 3.63) is 0 Å². The lowest BCUT2D eigenvalue weighted by molar-refractivity contribution is -0.155. The molecule has 7 atom stereocenters. The van der Waals surface area contributed by atoms with E-state index in [0.717, 1.165) is 45.6 Å². The molecule has 0 saturated carbocycles. The molecule has 3 N–H and O–H groups in total. The lowest BCUT2D eigenvalue weighted by Gasteiger charge is -2.40. The first-order valence-electron chi connectivity index (χ1n) is 28.1. The molecule has 3 fully saturated rings. The SMILES string of the molecule is CCCOCC1NC(=O)C(CCN2CC(F)(F)C2)N(C)C(=O)CNC(=O)CN(C)C(=O)CN(C)C(=O)CN(C)C(=O)CN(C)C(=O)C([C@@H](C)CC)NC(=O)C(C)N(C)C(=O)CC(C(=O)N2CCCCC2)N(C)C(=O)C(C(C)C)N(C)C1=O. The molecular weight excluding hydrogens is 1080 g/mol. The van der Waals surface area contributed by atoms with Crippen LogP contribution >= 0.6 is 0 Å². The fraction of sp³-hybridized carbons (Fsp3) is 0.778. The minimum atomic E-state index is -2.95. The first kappa shape index (κ1) is 69.7. The molecule has 3 saturated heterocycles. The molecule has 82 heavy (non-hydrogen) atoms. The molecule has 28 heteroatoms. The van der Waals surface area contributed by atoms with E-state index >= 15 is 0 Å². The summed E-state index contributed by atoms with van der Waals surface area (Å²) < 4.78 is 33.7. The van der Waals surface area contributed by atoms with Gasteiger partial charge in [0.05, 0.1) is 58.8 Å². The number of carbonyl (C=O) groups is 12. The third-order valence-electron chi connectivity index (χ3n) is 15.5. The Hall–Kier alpha value is -6.58. The number of carbonyl (C=O) groups excluding carboxylic acids is 12. The van der Waals surface area contributed by atoms with Crippen LogP contribution in [0, 0.1) is 11.8 Å². The number of hydrogen-bond acceptors (Lipinski definition) is 14. The molecule has 0 aromatic carbocycles. The molecule has 0 radical (unpaired) electrons. The fourth-order valence-corrected chi connectivity index (χ4v) is 9.67. The molecule has 0 spiro atoms. The van der Waals surface area contributed by atoms with Gasteiger partial charge in [0, 0.05) is 82.6 Å². The fourth-order valence-electron chi connectivity index (χ4n) is 9.67. The maximum atomic E-state index is 15.0. The van der Waals surface area contributed by atoms with E-state index in [0.29, 0.717) is 38.8 Å². The molecule has 3 aliphatic heterocycles. The minimum absolute atomic E-state index is 0.0754. The van der Waals surface area contributed by atoms with Crippen molar-refractivity contribution in [3.8, 4) is 0 Å². The maximum absolute atomic E-state index is 15.0. The molecule has 3 aliphatic rings. The smallest absolute Gasteiger partial charge is 0.272 e. The summed E-state index contributed by atoms with van der Waals surface area (Å²) in [6.45, 7) is 6.45. The Labute approximate surface area is 481 Å².